The van der Waals surface area contributed by atoms with E-state index in [1.54, 1.807) is 0 Å². The summed E-state index contributed by atoms with van der Waals surface area (Å²) in [4.78, 5) is 13.4. The number of thiophene rings is 1. The molecule has 0 fully saturated rings. The predicted molar refractivity (Wildman–Crippen MR) is 77.5 cm³/mol. The molecule has 0 bridgehead atoms. The van der Waals surface area contributed by atoms with Gasteiger partial charge in [0.05, 0.1) is 11.5 Å². The summed E-state index contributed by atoms with van der Waals surface area (Å²) >= 11 is 2.60. The Bertz CT molecular complexity index is 549. The van der Waals surface area contributed by atoms with Gasteiger partial charge in [-0.2, -0.15) is 0 Å². The van der Waals surface area contributed by atoms with Gasteiger partial charge in [0.1, 0.15) is 5.69 Å². The second kappa shape index (κ2) is 6.58. The summed E-state index contributed by atoms with van der Waals surface area (Å²) in [6.45, 7) is 6.12. The summed E-state index contributed by atoms with van der Waals surface area (Å²) in [7, 11) is 0. The van der Waals surface area contributed by atoms with E-state index in [1.807, 2.05) is 30.5 Å². The number of ether oxygens (including phenoxy) is 1. The molecule has 19 heavy (non-hydrogen) atoms. The second-order valence-corrected chi connectivity index (χ2v) is 5.77. The van der Waals surface area contributed by atoms with Crippen LogP contribution >= 0.6 is 22.9 Å². The molecule has 1 unspecified atom stereocenters. The number of carbonyl (C=O) groups is 1. The molecule has 4 nitrogen and oxygen atoms in total. The molecule has 100 valence electrons. The van der Waals surface area contributed by atoms with Crippen molar-refractivity contribution in [3.63, 3.8) is 0 Å². The first-order valence-corrected chi connectivity index (χ1v) is 7.53. The molecule has 0 aliphatic heterocycles. The summed E-state index contributed by atoms with van der Waals surface area (Å²) in [5, 5.41) is 5.94. The molecule has 2 aromatic heterocycles. The Morgan fingerprint density at radius 3 is 3.16 bits per heavy atom. The fourth-order valence-corrected chi connectivity index (χ4v) is 2.77. The van der Waals surface area contributed by atoms with Crippen LogP contribution in [0.3, 0.4) is 0 Å². The Balaban J connectivity index is 2.00. The van der Waals surface area contributed by atoms with E-state index in [0.29, 0.717) is 23.1 Å². The van der Waals surface area contributed by atoms with Crippen LogP contribution in [0.25, 0.3) is 10.6 Å². The maximum absolute atomic E-state index is 12.0. The lowest BCUT2D eigenvalue weighted by Gasteiger charge is -2.06. The molecular formula is C13H14N2O2S2. The molecule has 0 radical (unpaired) electrons. The first-order valence-electron chi connectivity index (χ1n) is 5.88. The third kappa shape index (κ3) is 3.48. The molecule has 1 atom stereocenters. The Morgan fingerprint density at radius 1 is 1.63 bits per heavy atom. The number of nitrogens with zero attached hydrogens (tertiary/aromatic N) is 2. The molecule has 0 spiro atoms. The monoisotopic (exact) mass is 294 g/mol. The van der Waals surface area contributed by atoms with Gasteiger partial charge < -0.3 is 4.74 Å². The summed E-state index contributed by atoms with van der Waals surface area (Å²) in [6, 6.07) is 3.83. The van der Waals surface area contributed by atoms with E-state index in [-0.39, 0.29) is 5.97 Å². The van der Waals surface area contributed by atoms with Gasteiger partial charge in [-0.25, -0.2) is 4.79 Å². The minimum atomic E-state index is -0.352. The van der Waals surface area contributed by atoms with Gasteiger partial charge >= 0.3 is 5.97 Å². The molecular weight excluding hydrogens is 280 g/mol. The maximum Gasteiger partial charge on any atom is 0.352 e. The molecule has 2 rings (SSSR count). The zero-order valence-corrected chi connectivity index (χ0v) is 12.2. The van der Waals surface area contributed by atoms with Gasteiger partial charge in [-0.1, -0.05) is 23.6 Å². The Labute approximate surface area is 119 Å². The van der Waals surface area contributed by atoms with Gasteiger partial charge in [-0.15, -0.1) is 23.0 Å². The lowest BCUT2D eigenvalue weighted by Crippen LogP contribution is -2.07. The average molecular weight is 294 g/mol. The van der Waals surface area contributed by atoms with E-state index in [0.717, 1.165) is 22.8 Å². The van der Waals surface area contributed by atoms with Crippen molar-refractivity contribution in [1.82, 2.24) is 9.59 Å². The largest absolute Gasteiger partial charge is 0.461 e. The van der Waals surface area contributed by atoms with Crippen molar-refractivity contribution in [2.75, 3.05) is 6.61 Å². The van der Waals surface area contributed by atoms with Crippen LogP contribution in [0.15, 0.2) is 30.2 Å². The van der Waals surface area contributed by atoms with E-state index in [9.17, 15) is 4.79 Å². The Hall–Kier alpha value is -1.53. The lowest BCUT2D eigenvalue weighted by atomic mass is 10.1. The third-order valence-electron chi connectivity index (χ3n) is 2.64. The minimum absolute atomic E-state index is 0.337. The molecule has 0 amide bonds. The Morgan fingerprint density at radius 2 is 2.47 bits per heavy atom. The molecule has 0 aliphatic carbocycles. The highest BCUT2D eigenvalue weighted by Gasteiger charge is 2.19. The highest BCUT2D eigenvalue weighted by Crippen LogP contribution is 2.28. The molecule has 0 saturated heterocycles. The van der Waals surface area contributed by atoms with Crippen LogP contribution in [0, 0.1) is 5.92 Å². The van der Waals surface area contributed by atoms with Crippen LogP contribution in [0.5, 0.6) is 0 Å². The zero-order chi connectivity index (χ0) is 13.7. The molecule has 6 heteroatoms. The summed E-state index contributed by atoms with van der Waals surface area (Å²) < 4.78 is 9.09. The van der Waals surface area contributed by atoms with Crippen molar-refractivity contribution >= 4 is 28.8 Å². The quantitative estimate of drug-likeness (QED) is 0.603. The fourth-order valence-electron chi connectivity index (χ4n) is 1.42. The SMILES string of the molecule is C=CC(C)CCOC(=O)c1snnc1-c1cccs1. The van der Waals surface area contributed by atoms with E-state index < -0.39 is 0 Å². The molecule has 0 aromatic carbocycles. The normalized spacial score (nSPS) is 12.1. The van der Waals surface area contributed by atoms with Crippen molar-refractivity contribution in [3.8, 4) is 10.6 Å². The topological polar surface area (TPSA) is 52.1 Å². The fraction of sp³-hybridized carbons (Fsp3) is 0.308. The minimum Gasteiger partial charge on any atom is -0.461 e. The van der Waals surface area contributed by atoms with Gasteiger partial charge in [0, 0.05) is 0 Å². The lowest BCUT2D eigenvalue weighted by molar-refractivity contribution is 0.0498. The van der Waals surface area contributed by atoms with E-state index >= 15 is 0 Å². The Kier molecular flexibility index (Phi) is 4.81. The van der Waals surface area contributed by atoms with Crippen LogP contribution in [0.2, 0.25) is 0 Å². The number of hydrogen-bond acceptors (Lipinski definition) is 6. The van der Waals surface area contributed by atoms with Crippen LogP contribution in [0.1, 0.15) is 23.0 Å². The summed E-state index contributed by atoms with van der Waals surface area (Å²) in [5.41, 5.74) is 0.613. The van der Waals surface area contributed by atoms with Crippen molar-refractivity contribution in [3.05, 3.63) is 35.0 Å². The van der Waals surface area contributed by atoms with Crippen molar-refractivity contribution in [2.24, 2.45) is 5.92 Å². The van der Waals surface area contributed by atoms with E-state index in [4.69, 9.17) is 4.74 Å². The van der Waals surface area contributed by atoms with Gasteiger partial charge in [0.15, 0.2) is 4.88 Å². The number of aromatic nitrogens is 2. The van der Waals surface area contributed by atoms with Crippen LogP contribution in [-0.4, -0.2) is 22.2 Å². The molecule has 0 saturated carbocycles. The van der Waals surface area contributed by atoms with Gasteiger partial charge in [0.2, 0.25) is 0 Å². The molecule has 0 N–H and O–H groups in total. The van der Waals surface area contributed by atoms with E-state index in [2.05, 4.69) is 16.2 Å². The number of esters is 1. The van der Waals surface area contributed by atoms with Gasteiger partial charge in [-0.3, -0.25) is 0 Å². The molecule has 0 aliphatic rings. The average Bonchev–Trinajstić information content (AvgIpc) is 3.08. The zero-order valence-electron chi connectivity index (χ0n) is 10.5. The third-order valence-corrected chi connectivity index (χ3v) is 4.22. The van der Waals surface area contributed by atoms with Crippen LogP contribution in [0.4, 0.5) is 0 Å². The highest BCUT2D eigenvalue weighted by atomic mass is 32.1. The smallest absolute Gasteiger partial charge is 0.352 e. The maximum atomic E-state index is 12.0. The first-order chi connectivity index (χ1) is 9.22. The van der Waals surface area contributed by atoms with Crippen molar-refractivity contribution < 1.29 is 9.53 Å². The predicted octanol–water partition coefficient (Wildman–Crippen LogP) is 3.64. The highest BCUT2D eigenvalue weighted by molar-refractivity contribution is 7.14. The summed E-state index contributed by atoms with van der Waals surface area (Å²) in [5.74, 6) is -0.0150. The number of allylic oxidation sites excluding steroid dienone is 1. The van der Waals surface area contributed by atoms with Crippen molar-refractivity contribution in [2.45, 2.75) is 13.3 Å². The van der Waals surface area contributed by atoms with Gasteiger partial charge in [0.25, 0.3) is 0 Å². The van der Waals surface area contributed by atoms with Gasteiger partial charge in [-0.05, 0) is 35.3 Å². The number of rotatable bonds is 6. The standard InChI is InChI=1S/C13H14N2O2S2/c1-3-9(2)6-7-17-13(16)12-11(14-15-19-12)10-5-4-8-18-10/h3-5,8-9H,1,6-7H2,2H3. The van der Waals surface area contributed by atoms with Crippen LogP contribution in [-0.2, 0) is 4.74 Å². The second-order valence-electron chi connectivity index (χ2n) is 4.07. The molecule has 2 heterocycles. The number of carbonyl (C=O) groups excluding carboxylic acids is 1. The summed E-state index contributed by atoms with van der Waals surface area (Å²) in [6.07, 6.45) is 2.62. The van der Waals surface area contributed by atoms with Crippen molar-refractivity contribution in [1.29, 1.82) is 0 Å². The number of hydrogen-bond donors (Lipinski definition) is 0. The van der Waals surface area contributed by atoms with Crippen LogP contribution < -0.4 is 0 Å². The molecule has 2 aromatic rings. The first kappa shape index (κ1) is 13.9. The van der Waals surface area contributed by atoms with E-state index in [1.165, 1.54) is 11.3 Å².